The van der Waals surface area contributed by atoms with Gasteiger partial charge in [-0.1, -0.05) is 66.4 Å². The molecular weight excluding hydrogens is 468 g/mol. The van der Waals surface area contributed by atoms with Gasteiger partial charge in [0, 0.05) is 18.2 Å². The van der Waals surface area contributed by atoms with Gasteiger partial charge in [-0.15, -0.1) is 12.6 Å². The second-order valence-corrected chi connectivity index (χ2v) is 10.4. The van der Waals surface area contributed by atoms with Crippen molar-refractivity contribution in [3.63, 3.8) is 0 Å². The topological polar surface area (TPSA) is 82.8 Å². The number of hydrogen-bond donors (Lipinski definition) is 3. The van der Waals surface area contributed by atoms with Crippen molar-refractivity contribution in [2.45, 2.75) is 29.6 Å². The van der Waals surface area contributed by atoms with E-state index in [2.05, 4.69) is 17.9 Å². The number of carboxylic acid groups (broad SMARTS) is 1. The number of hydrogen-bond acceptors (Lipinski definition) is 6. The van der Waals surface area contributed by atoms with E-state index < -0.39 is 11.5 Å². The Kier molecular flexibility index (Phi) is 6.29. The minimum Gasteiger partial charge on any atom is -0.480 e. The third-order valence-electron chi connectivity index (χ3n) is 6.25. The smallest absolute Gasteiger partial charge is 0.328 e. The van der Waals surface area contributed by atoms with Crippen molar-refractivity contribution in [2.75, 3.05) is 6.54 Å². The summed E-state index contributed by atoms with van der Waals surface area (Å²) in [7, 11) is 0. The highest BCUT2D eigenvalue weighted by atomic mass is 32.2. The second kappa shape index (κ2) is 9.37. The summed E-state index contributed by atoms with van der Waals surface area (Å²) >= 11 is 5.98. The molecule has 2 saturated heterocycles. The Morgan fingerprint density at radius 1 is 1.18 bits per heavy atom. The van der Waals surface area contributed by atoms with Gasteiger partial charge >= 0.3 is 5.97 Å². The van der Waals surface area contributed by atoms with Crippen LogP contribution < -0.4 is 5.32 Å². The summed E-state index contributed by atoms with van der Waals surface area (Å²) in [4.78, 5) is 27.2. The van der Waals surface area contributed by atoms with Gasteiger partial charge in [-0.2, -0.15) is 0 Å². The van der Waals surface area contributed by atoms with E-state index in [9.17, 15) is 14.7 Å². The number of rotatable bonds is 6. The van der Waals surface area contributed by atoms with Crippen molar-refractivity contribution in [3.8, 4) is 11.3 Å². The van der Waals surface area contributed by atoms with Crippen molar-refractivity contribution in [2.24, 2.45) is 0 Å². The van der Waals surface area contributed by atoms with Crippen LogP contribution in [-0.4, -0.2) is 33.1 Å². The Labute approximate surface area is 207 Å². The van der Waals surface area contributed by atoms with Gasteiger partial charge in [0.15, 0.2) is 0 Å². The lowest BCUT2D eigenvalue weighted by atomic mass is 9.88. The van der Waals surface area contributed by atoms with Crippen molar-refractivity contribution < 1.29 is 19.1 Å². The molecule has 2 fully saturated rings. The molecule has 0 saturated carbocycles. The first kappa shape index (κ1) is 22.8. The predicted molar refractivity (Wildman–Crippen MR) is 136 cm³/mol. The Balaban J connectivity index is 1.32. The summed E-state index contributed by atoms with van der Waals surface area (Å²) in [5.74, 6) is 0.309. The highest BCUT2D eigenvalue weighted by Crippen LogP contribution is 2.39. The average Bonchev–Trinajstić information content (AvgIpc) is 3.58. The van der Waals surface area contributed by atoms with E-state index >= 15 is 0 Å². The molecular formula is C26H24N2O4S2. The zero-order valence-electron chi connectivity index (χ0n) is 18.3. The molecule has 6 nitrogen and oxygen atoms in total. The molecule has 174 valence electrons. The fraction of sp³-hybridized carbons (Fsp3) is 0.231. The number of carbonyl (C=O) groups is 2. The number of nitrogens with zero attached hydrogens (tertiary/aromatic N) is 1. The number of carboxylic acids is 1. The van der Waals surface area contributed by atoms with Crippen LogP contribution >= 0.6 is 24.4 Å². The molecule has 1 amide bonds. The monoisotopic (exact) mass is 492 g/mol. The van der Waals surface area contributed by atoms with E-state index in [1.54, 1.807) is 11.0 Å². The summed E-state index contributed by atoms with van der Waals surface area (Å²) in [5.41, 5.74) is 1.61. The highest BCUT2D eigenvalue weighted by molar-refractivity contribution is 8.14. The van der Waals surface area contributed by atoms with Crippen LogP contribution in [0.5, 0.6) is 0 Å². The van der Waals surface area contributed by atoms with Gasteiger partial charge in [-0.3, -0.25) is 10.1 Å². The Morgan fingerprint density at radius 3 is 2.62 bits per heavy atom. The summed E-state index contributed by atoms with van der Waals surface area (Å²) in [5, 5.41) is 12.9. The van der Waals surface area contributed by atoms with Crippen LogP contribution in [0.15, 0.2) is 76.1 Å². The van der Waals surface area contributed by atoms with E-state index in [1.807, 2.05) is 66.7 Å². The Bertz CT molecular complexity index is 1230. The SMILES string of the molecule is O=C1/C(=C/c2ccc(-c3ccc(C4(C(=O)O)CCCN4)cc3)o2)SC(S)N1Cc1ccccc1. The standard InChI is InChI=1S/C26H24N2O4S2/c29-23-22(34-25(33)28(23)16-17-5-2-1-3-6-17)15-20-11-12-21(32-20)18-7-9-19(10-8-18)26(24(30)31)13-4-14-27-26/h1-3,5-12,15,25,27,33H,4,13-14,16H2,(H,30,31)/b22-15-. The molecule has 34 heavy (non-hydrogen) atoms. The van der Waals surface area contributed by atoms with Crippen LogP contribution in [0.1, 0.15) is 29.7 Å². The first-order valence-corrected chi connectivity index (χ1v) is 12.5. The van der Waals surface area contributed by atoms with Crippen LogP contribution in [0, 0.1) is 0 Å². The van der Waals surface area contributed by atoms with Crippen LogP contribution in [-0.2, 0) is 21.7 Å². The highest BCUT2D eigenvalue weighted by Gasteiger charge is 2.42. The van der Waals surface area contributed by atoms with Crippen molar-refractivity contribution in [1.29, 1.82) is 0 Å². The van der Waals surface area contributed by atoms with Gasteiger partial charge in [0.1, 0.15) is 21.8 Å². The molecule has 0 bridgehead atoms. The maximum Gasteiger partial charge on any atom is 0.328 e. The van der Waals surface area contributed by atoms with E-state index in [-0.39, 0.29) is 10.6 Å². The van der Waals surface area contributed by atoms with Gasteiger partial charge in [0.05, 0.1) is 4.91 Å². The first-order valence-electron chi connectivity index (χ1n) is 11.1. The predicted octanol–water partition coefficient (Wildman–Crippen LogP) is 4.94. The van der Waals surface area contributed by atoms with Gasteiger partial charge in [-0.25, -0.2) is 4.79 Å². The number of thiol groups is 1. The van der Waals surface area contributed by atoms with E-state index in [0.29, 0.717) is 35.9 Å². The molecule has 2 N–H and O–H groups in total. The minimum atomic E-state index is -1.02. The van der Waals surface area contributed by atoms with Crippen molar-refractivity contribution in [1.82, 2.24) is 10.2 Å². The quantitative estimate of drug-likeness (QED) is 0.334. The summed E-state index contributed by atoms with van der Waals surface area (Å²) in [6.45, 7) is 1.19. The average molecular weight is 493 g/mol. The molecule has 0 aliphatic carbocycles. The Hall–Kier alpha value is -2.94. The number of furan rings is 1. The van der Waals surface area contributed by atoms with Crippen LogP contribution in [0.2, 0.25) is 0 Å². The number of amides is 1. The Morgan fingerprint density at radius 2 is 1.94 bits per heavy atom. The molecule has 1 aromatic heterocycles. The van der Waals surface area contributed by atoms with Crippen LogP contribution in [0.3, 0.4) is 0 Å². The molecule has 5 rings (SSSR count). The molecule has 2 unspecified atom stereocenters. The first-order chi connectivity index (χ1) is 16.5. The summed E-state index contributed by atoms with van der Waals surface area (Å²) in [6, 6.07) is 20.9. The van der Waals surface area contributed by atoms with Gasteiger partial charge in [0.2, 0.25) is 0 Å². The number of benzene rings is 2. The third-order valence-corrected chi connectivity index (χ3v) is 7.86. The number of nitrogens with one attached hydrogen (secondary N) is 1. The van der Waals surface area contributed by atoms with Crippen molar-refractivity contribution in [3.05, 3.63) is 88.5 Å². The third kappa shape index (κ3) is 4.29. The second-order valence-electron chi connectivity index (χ2n) is 8.39. The largest absolute Gasteiger partial charge is 0.480 e. The molecule has 2 aliphatic rings. The lowest BCUT2D eigenvalue weighted by Crippen LogP contribution is -2.44. The zero-order valence-corrected chi connectivity index (χ0v) is 20.0. The van der Waals surface area contributed by atoms with Gasteiger partial charge < -0.3 is 14.4 Å². The molecule has 3 aromatic rings. The van der Waals surface area contributed by atoms with E-state index in [4.69, 9.17) is 4.42 Å². The number of carbonyl (C=O) groups excluding carboxylic acids is 1. The molecule has 2 aromatic carbocycles. The lowest BCUT2D eigenvalue weighted by Gasteiger charge is -2.25. The fourth-order valence-corrected chi connectivity index (χ4v) is 5.88. The molecule has 2 aliphatic heterocycles. The summed E-state index contributed by atoms with van der Waals surface area (Å²) < 4.78 is 5.73. The van der Waals surface area contributed by atoms with Gasteiger partial charge in [-0.05, 0) is 42.6 Å². The maximum atomic E-state index is 12.9. The molecule has 2 atom stereocenters. The fourth-order valence-electron chi connectivity index (χ4n) is 4.43. The molecule has 0 spiro atoms. The minimum absolute atomic E-state index is 0.0702. The van der Waals surface area contributed by atoms with E-state index in [0.717, 1.165) is 23.1 Å². The van der Waals surface area contributed by atoms with Crippen LogP contribution in [0.4, 0.5) is 0 Å². The summed E-state index contributed by atoms with van der Waals surface area (Å²) in [6.07, 6.45) is 3.15. The molecule has 8 heteroatoms. The molecule has 0 radical (unpaired) electrons. The number of aliphatic carboxylic acids is 1. The van der Waals surface area contributed by atoms with E-state index in [1.165, 1.54) is 11.8 Å². The van der Waals surface area contributed by atoms with Gasteiger partial charge in [0.25, 0.3) is 5.91 Å². The maximum absolute atomic E-state index is 12.9. The van der Waals surface area contributed by atoms with Crippen LogP contribution in [0.25, 0.3) is 17.4 Å². The molecule has 3 heterocycles. The number of thioether (sulfide) groups is 1. The van der Waals surface area contributed by atoms with Crippen molar-refractivity contribution >= 4 is 42.3 Å². The lowest BCUT2D eigenvalue weighted by molar-refractivity contribution is -0.144. The zero-order chi connectivity index (χ0) is 23.7. The normalized spacial score (nSPS) is 23.7.